The lowest BCUT2D eigenvalue weighted by atomic mass is 9.92. The highest BCUT2D eigenvalue weighted by Crippen LogP contribution is 2.40. The number of halogens is 1. The number of oxazole rings is 1. The van der Waals surface area contributed by atoms with Crippen molar-refractivity contribution in [3.05, 3.63) is 83.2 Å². The monoisotopic (exact) mass is 509 g/mol. The first-order valence-electron chi connectivity index (χ1n) is 11.0. The Morgan fingerprint density at radius 1 is 1.19 bits per heavy atom. The van der Waals surface area contributed by atoms with Crippen LogP contribution in [-0.4, -0.2) is 32.5 Å². The van der Waals surface area contributed by atoms with Crippen LogP contribution in [0.5, 0.6) is 11.5 Å². The third-order valence-corrected chi connectivity index (χ3v) is 6.25. The van der Waals surface area contributed by atoms with Gasteiger partial charge in [-0.2, -0.15) is 13.4 Å². The second-order valence-electron chi connectivity index (χ2n) is 8.11. The summed E-state index contributed by atoms with van der Waals surface area (Å²) >= 11 is 0. The fraction of sp³-hybridized carbons (Fsp3) is 0.200. The number of anilines is 1. The topological polar surface area (TPSA) is 111 Å². The average Bonchev–Trinajstić information content (AvgIpc) is 3.29. The number of carbonyl (C=O) groups is 1. The van der Waals surface area contributed by atoms with Crippen LogP contribution in [0, 0.1) is 5.82 Å². The van der Waals surface area contributed by atoms with Gasteiger partial charge in [0.25, 0.3) is 11.9 Å². The molecule has 184 valence electrons. The number of aromatic nitrogens is 1. The summed E-state index contributed by atoms with van der Waals surface area (Å²) in [5.41, 5.74) is 3.04. The fourth-order valence-electron chi connectivity index (χ4n) is 4.23. The molecule has 36 heavy (non-hydrogen) atoms. The summed E-state index contributed by atoms with van der Waals surface area (Å²) in [6.45, 7) is 0.412. The molecule has 5 rings (SSSR count). The number of ether oxygens (including phenoxy) is 2. The predicted molar refractivity (Wildman–Crippen MR) is 128 cm³/mol. The van der Waals surface area contributed by atoms with Crippen LogP contribution in [0.4, 0.5) is 10.4 Å². The molecule has 0 saturated heterocycles. The normalized spacial score (nSPS) is 14.8. The van der Waals surface area contributed by atoms with E-state index in [4.69, 9.17) is 13.9 Å². The van der Waals surface area contributed by atoms with Crippen LogP contribution < -0.4 is 14.4 Å². The van der Waals surface area contributed by atoms with Crippen LogP contribution in [0.2, 0.25) is 0 Å². The Hall–Kier alpha value is -4.25. The fourth-order valence-corrected chi connectivity index (χ4v) is 4.50. The van der Waals surface area contributed by atoms with E-state index < -0.39 is 28.3 Å². The lowest BCUT2D eigenvalue weighted by Gasteiger charge is -2.34. The van der Waals surface area contributed by atoms with Gasteiger partial charge in [0.2, 0.25) is 0 Å². The number of hydrogen-bond acceptors (Lipinski definition) is 8. The summed E-state index contributed by atoms with van der Waals surface area (Å²) < 4.78 is 56.7. The van der Waals surface area contributed by atoms with Crippen LogP contribution in [-0.2, 0) is 34.9 Å². The number of benzene rings is 3. The van der Waals surface area contributed by atoms with E-state index in [-0.39, 0.29) is 31.2 Å². The Morgan fingerprint density at radius 2 is 2.00 bits per heavy atom. The van der Waals surface area contributed by atoms with Crippen molar-refractivity contribution in [1.29, 1.82) is 0 Å². The minimum absolute atomic E-state index is 0.0500. The number of rotatable bonds is 6. The Balaban J connectivity index is 1.57. The number of amides is 1. The molecule has 1 unspecified atom stereocenters. The number of hydrogen-bond donors (Lipinski definition) is 0. The molecular formula is C25H20FN3O6S. The molecule has 0 N–H and O–H groups in total. The van der Waals surface area contributed by atoms with Crippen molar-refractivity contribution in [1.82, 2.24) is 4.98 Å². The van der Waals surface area contributed by atoms with E-state index in [1.165, 1.54) is 30.2 Å². The molecule has 1 aromatic heterocycles. The van der Waals surface area contributed by atoms with Gasteiger partial charge in [-0.15, -0.1) is 0 Å². The summed E-state index contributed by atoms with van der Waals surface area (Å²) in [5.74, 6) is -0.449. The maximum atomic E-state index is 13.7. The molecule has 0 bridgehead atoms. The van der Waals surface area contributed by atoms with Gasteiger partial charge in [0.15, 0.2) is 17.1 Å². The van der Waals surface area contributed by atoms with Gasteiger partial charge in [0, 0.05) is 24.6 Å². The molecule has 0 fully saturated rings. The van der Waals surface area contributed by atoms with Crippen molar-refractivity contribution >= 4 is 33.5 Å². The zero-order valence-electron chi connectivity index (χ0n) is 19.0. The number of fused-ring (bicyclic) bond motifs is 2. The Morgan fingerprint density at radius 3 is 2.75 bits per heavy atom. The molecule has 0 saturated carbocycles. The third kappa shape index (κ3) is 4.65. The van der Waals surface area contributed by atoms with Gasteiger partial charge in [-0.1, -0.05) is 40.8 Å². The summed E-state index contributed by atoms with van der Waals surface area (Å²) in [6, 6.07) is 16.1. The van der Waals surface area contributed by atoms with Crippen molar-refractivity contribution in [3.63, 3.8) is 0 Å². The second-order valence-corrected chi connectivity index (χ2v) is 8.73. The van der Waals surface area contributed by atoms with Gasteiger partial charge in [0.1, 0.15) is 24.0 Å². The van der Waals surface area contributed by atoms with Crippen LogP contribution in [0.1, 0.15) is 16.7 Å². The van der Waals surface area contributed by atoms with E-state index in [0.29, 0.717) is 22.6 Å². The highest BCUT2D eigenvalue weighted by molar-refractivity contribution is 7.62. The summed E-state index contributed by atoms with van der Waals surface area (Å²) in [5, 5.41) is 0. The maximum Gasteiger partial charge on any atom is 0.319 e. The van der Waals surface area contributed by atoms with Gasteiger partial charge in [-0.05, 0) is 29.3 Å². The van der Waals surface area contributed by atoms with Crippen molar-refractivity contribution in [2.75, 3.05) is 12.0 Å². The minimum atomic E-state index is -2.94. The molecule has 1 aliphatic heterocycles. The Labute approximate surface area is 206 Å². The first-order valence-corrected chi connectivity index (χ1v) is 12.0. The van der Waals surface area contributed by atoms with Crippen molar-refractivity contribution < 1.29 is 31.5 Å². The van der Waals surface area contributed by atoms with Crippen molar-refractivity contribution in [3.8, 4) is 11.5 Å². The average molecular weight is 510 g/mol. The maximum absolute atomic E-state index is 13.7. The number of carbonyl (C=O) groups excluding carboxylic acids is 1. The van der Waals surface area contributed by atoms with Gasteiger partial charge in [-0.25, -0.2) is 4.39 Å². The van der Waals surface area contributed by atoms with Gasteiger partial charge in [0.05, 0.1) is 7.11 Å². The van der Waals surface area contributed by atoms with Gasteiger partial charge < -0.3 is 18.8 Å². The summed E-state index contributed by atoms with van der Waals surface area (Å²) in [6.07, 6.45) is 0.0588. The summed E-state index contributed by atoms with van der Waals surface area (Å²) in [7, 11) is -1.43. The number of methoxy groups -OCH3 is 1. The standard InChI is InChI=1S/C25H20FN3O6S/c1-33-21-10-7-16-13-29(25-27-19-9-8-17(26)11-22(19)35-25)20(24(30)28-36(31)32)12-18(16)23(21)34-14-15-5-3-2-4-6-15/h2-11,20H,12-14H2,1H3. The zero-order chi connectivity index (χ0) is 25.2. The van der Waals surface area contributed by atoms with Crippen LogP contribution in [0.25, 0.3) is 11.1 Å². The second kappa shape index (κ2) is 9.78. The van der Waals surface area contributed by atoms with E-state index in [2.05, 4.69) is 9.35 Å². The molecule has 4 aromatic rings. The first kappa shape index (κ1) is 23.5. The molecule has 1 aliphatic rings. The van der Waals surface area contributed by atoms with Crippen molar-refractivity contribution in [2.24, 2.45) is 4.36 Å². The van der Waals surface area contributed by atoms with Crippen molar-refractivity contribution in [2.45, 2.75) is 25.6 Å². The first-order chi connectivity index (χ1) is 17.4. The Bertz CT molecular complexity index is 1580. The molecule has 0 radical (unpaired) electrons. The molecule has 11 heteroatoms. The van der Waals surface area contributed by atoms with Crippen LogP contribution in [0.15, 0.2) is 69.4 Å². The lowest BCUT2D eigenvalue weighted by molar-refractivity contribution is -0.119. The summed E-state index contributed by atoms with van der Waals surface area (Å²) in [4.78, 5) is 18.8. The molecule has 1 amide bonds. The highest BCUT2D eigenvalue weighted by Gasteiger charge is 2.37. The van der Waals surface area contributed by atoms with E-state index in [9.17, 15) is 17.6 Å². The molecule has 0 aliphatic carbocycles. The molecule has 2 heterocycles. The van der Waals surface area contributed by atoms with Crippen LogP contribution in [0.3, 0.4) is 0 Å². The van der Waals surface area contributed by atoms with E-state index >= 15 is 0 Å². The van der Waals surface area contributed by atoms with E-state index in [1.54, 1.807) is 6.07 Å². The molecular weight excluding hydrogens is 489 g/mol. The SMILES string of the molecule is COc1ccc2c(c1OCc1ccccc1)CC(C(=O)N=S(=O)=O)N(c1nc3ccc(F)cc3o1)C2. The van der Waals surface area contributed by atoms with Crippen LogP contribution >= 0.6 is 0 Å². The molecule has 1 atom stereocenters. The zero-order valence-corrected chi connectivity index (χ0v) is 19.9. The largest absolute Gasteiger partial charge is 0.493 e. The van der Waals surface area contributed by atoms with Gasteiger partial charge in [-0.3, -0.25) is 4.79 Å². The highest BCUT2D eigenvalue weighted by atomic mass is 32.2. The number of nitrogens with zero attached hydrogens (tertiary/aromatic N) is 3. The quantitative estimate of drug-likeness (QED) is 0.382. The third-order valence-electron chi connectivity index (χ3n) is 5.92. The molecule has 3 aromatic carbocycles. The van der Waals surface area contributed by atoms with E-state index in [1.807, 2.05) is 36.4 Å². The smallest absolute Gasteiger partial charge is 0.319 e. The minimum Gasteiger partial charge on any atom is -0.493 e. The van der Waals surface area contributed by atoms with E-state index in [0.717, 1.165) is 11.1 Å². The Kier molecular flexibility index (Phi) is 6.38. The van der Waals surface area contributed by atoms with Gasteiger partial charge >= 0.3 is 10.5 Å². The lowest BCUT2D eigenvalue weighted by Crippen LogP contribution is -2.45. The molecule has 0 spiro atoms. The predicted octanol–water partition coefficient (Wildman–Crippen LogP) is 4.08. The molecule has 9 nitrogen and oxygen atoms in total.